The number of amides is 4. The third-order valence-electron chi connectivity index (χ3n) is 4.54. The fraction of sp³-hybridized carbons (Fsp3) is 0.474. The predicted molar refractivity (Wildman–Crippen MR) is 97.8 cm³/mol. The number of hydrogen-bond donors (Lipinski definition) is 2. The van der Waals surface area contributed by atoms with E-state index < -0.39 is 23.4 Å². The van der Waals surface area contributed by atoms with E-state index in [1.165, 1.54) is 7.11 Å². The molecule has 1 aliphatic heterocycles. The average Bonchev–Trinajstić information content (AvgIpc) is 2.88. The first-order valence-corrected chi connectivity index (χ1v) is 8.88. The second-order valence-electron chi connectivity index (χ2n) is 6.72. The number of urea groups is 1. The van der Waals surface area contributed by atoms with Crippen molar-refractivity contribution in [3.63, 3.8) is 0 Å². The van der Waals surface area contributed by atoms with Crippen molar-refractivity contribution in [2.75, 3.05) is 13.7 Å². The lowest BCUT2D eigenvalue weighted by atomic mass is 9.95. The normalized spacial score (nSPS) is 19.0. The maximum atomic E-state index is 12.5. The molecule has 0 aromatic heterocycles. The van der Waals surface area contributed by atoms with Gasteiger partial charge in [0, 0.05) is 6.54 Å². The summed E-state index contributed by atoms with van der Waals surface area (Å²) in [5.74, 6) is -1.25. The zero-order valence-electron chi connectivity index (χ0n) is 15.8. The Balaban J connectivity index is 1.89. The number of carbonyl (C=O) groups is 4. The van der Waals surface area contributed by atoms with Crippen LogP contribution in [0.15, 0.2) is 24.3 Å². The molecule has 1 aliphatic rings. The fourth-order valence-electron chi connectivity index (χ4n) is 2.87. The number of nitrogens with one attached hydrogen (secondary N) is 2. The van der Waals surface area contributed by atoms with Crippen LogP contribution in [0.4, 0.5) is 4.79 Å². The number of esters is 1. The molecule has 2 rings (SSSR count). The lowest BCUT2D eigenvalue weighted by Gasteiger charge is -2.21. The number of ether oxygens (including phenoxy) is 1. The Morgan fingerprint density at radius 2 is 1.89 bits per heavy atom. The minimum Gasteiger partial charge on any atom is -0.465 e. The summed E-state index contributed by atoms with van der Waals surface area (Å²) < 4.78 is 4.63. The molecule has 0 aliphatic carbocycles. The molecule has 27 heavy (non-hydrogen) atoms. The minimum absolute atomic E-state index is 0.219. The van der Waals surface area contributed by atoms with Crippen molar-refractivity contribution in [3.05, 3.63) is 35.4 Å². The van der Waals surface area contributed by atoms with E-state index in [0.29, 0.717) is 12.0 Å². The molecule has 0 bridgehead atoms. The quantitative estimate of drug-likeness (QED) is 0.530. The van der Waals surface area contributed by atoms with E-state index >= 15 is 0 Å². The smallest absolute Gasteiger partial charge is 0.337 e. The van der Waals surface area contributed by atoms with Crippen LogP contribution in [0.3, 0.4) is 0 Å². The number of imide groups is 1. The highest BCUT2D eigenvalue weighted by molar-refractivity contribution is 6.08. The van der Waals surface area contributed by atoms with Gasteiger partial charge in [0.05, 0.1) is 12.7 Å². The molecule has 1 aromatic rings. The van der Waals surface area contributed by atoms with Gasteiger partial charge in [0.15, 0.2) is 0 Å². The standard InChI is InChI=1S/C19H25N3O5/c1-4-5-10-19(2)17(25)22(18(26)21-19)12-15(23)20-11-13-6-8-14(9-7-13)16(24)27-3/h6-9H,4-5,10-12H2,1-3H3,(H,20,23)(H,21,26)/t19-/m0/s1. The predicted octanol–water partition coefficient (Wildman–Crippen LogP) is 1.59. The van der Waals surface area contributed by atoms with Crippen molar-refractivity contribution in [1.82, 2.24) is 15.5 Å². The van der Waals surface area contributed by atoms with E-state index in [0.717, 1.165) is 23.3 Å². The molecule has 1 saturated heterocycles. The molecular formula is C19H25N3O5. The monoisotopic (exact) mass is 375 g/mol. The maximum absolute atomic E-state index is 12.5. The summed E-state index contributed by atoms with van der Waals surface area (Å²) in [7, 11) is 1.31. The summed E-state index contributed by atoms with van der Waals surface area (Å²) in [6.45, 7) is 3.58. The highest BCUT2D eigenvalue weighted by Gasteiger charge is 2.47. The van der Waals surface area contributed by atoms with Gasteiger partial charge in [0.1, 0.15) is 12.1 Å². The fourth-order valence-corrected chi connectivity index (χ4v) is 2.87. The summed E-state index contributed by atoms with van der Waals surface area (Å²) in [5, 5.41) is 5.35. The van der Waals surface area contributed by atoms with Crippen LogP contribution in [0, 0.1) is 0 Å². The van der Waals surface area contributed by atoms with E-state index in [-0.39, 0.29) is 19.0 Å². The van der Waals surface area contributed by atoms with Crippen LogP contribution in [-0.4, -0.2) is 47.9 Å². The summed E-state index contributed by atoms with van der Waals surface area (Å²) in [6, 6.07) is 6.05. The number of methoxy groups -OCH3 is 1. The van der Waals surface area contributed by atoms with Gasteiger partial charge in [0.2, 0.25) is 5.91 Å². The largest absolute Gasteiger partial charge is 0.465 e. The van der Waals surface area contributed by atoms with E-state index in [1.807, 2.05) is 6.92 Å². The topological polar surface area (TPSA) is 105 Å². The van der Waals surface area contributed by atoms with E-state index in [9.17, 15) is 19.2 Å². The third-order valence-corrected chi connectivity index (χ3v) is 4.54. The molecule has 2 N–H and O–H groups in total. The Labute approximate surface area is 158 Å². The Morgan fingerprint density at radius 1 is 1.22 bits per heavy atom. The second kappa shape index (κ2) is 8.66. The van der Waals surface area contributed by atoms with Crippen molar-refractivity contribution < 1.29 is 23.9 Å². The highest BCUT2D eigenvalue weighted by atomic mass is 16.5. The molecule has 1 atom stereocenters. The number of rotatable bonds is 8. The first-order chi connectivity index (χ1) is 12.8. The summed E-state index contributed by atoms with van der Waals surface area (Å²) in [5.41, 5.74) is 0.246. The lowest BCUT2D eigenvalue weighted by Crippen LogP contribution is -2.45. The number of hydrogen-bond acceptors (Lipinski definition) is 5. The van der Waals surface area contributed by atoms with Gasteiger partial charge in [-0.05, 0) is 31.0 Å². The van der Waals surface area contributed by atoms with Gasteiger partial charge in [0.25, 0.3) is 5.91 Å². The van der Waals surface area contributed by atoms with Gasteiger partial charge in [-0.25, -0.2) is 9.59 Å². The van der Waals surface area contributed by atoms with E-state index in [4.69, 9.17) is 0 Å². The van der Waals surface area contributed by atoms with Gasteiger partial charge in [-0.2, -0.15) is 0 Å². The molecule has 8 nitrogen and oxygen atoms in total. The number of carbonyl (C=O) groups excluding carboxylic acids is 4. The summed E-state index contributed by atoms with van der Waals surface area (Å²) in [4.78, 5) is 49.1. The lowest BCUT2D eigenvalue weighted by molar-refractivity contribution is -0.134. The number of unbranched alkanes of at least 4 members (excludes halogenated alkanes) is 1. The molecule has 1 heterocycles. The SMILES string of the molecule is CCCC[C@]1(C)NC(=O)N(CC(=O)NCc2ccc(C(=O)OC)cc2)C1=O. The first kappa shape index (κ1) is 20.4. The van der Waals surface area contributed by atoms with Gasteiger partial charge < -0.3 is 15.4 Å². The molecular weight excluding hydrogens is 350 g/mol. The van der Waals surface area contributed by atoms with Crippen molar-refractivity contribution in [2.45, 2.75) is 45.2 Å². The van der Waals surface area contributed by atoms with Crippen LogP contribution in [-0.2, 0) is 20.9 Å². The van der Waals surface area contributed by atoms with Crippen molar-refractivity contribution in [2.24, 2.45) is 0 Å². The van der Waals surface area contributed by atoms with Crippen molar-refractivity contribution in [3.8, 4) is 0 Å². The summed E-state index contributed by atoms with van der Waals surface area (Å²) >= 11 is 0. The van der Waals surface area contributed by atoms with Crippen LogP contribution in [0.5, 0.6) is 0 Å². The minimum atomic E-state index is -0.947. The second-order valence-corrected chi connectivity index (χ2v) is 6.72. The van der Waals surface area contributed by atoms with Crippen LogP contribution in [0.25, 0.3) is 0 Å². The zero-order chi connectivity index (χ0) is 20.0. The van der Waals surface area contributed by atoms with Crippen molar-refractivity contribution >= 4 is 23.8 Å². The van der Waals surface area contributed by atoms with Crippen LogP contribution >= 0.6 is 0 Å². The first-order valence-electron chi connectivity index (χ1n) is 8.88. The molecule has 1 fully saturated rings. The van der Waals surface area contributed by atoms with Crippen LogP contribution < -0.4 is 10.6 Å². The van der Waals surface area contributed by atoms with Crippen molar-refractivity contribution in [1.29, 1.82) is 0 Å². The Bertz CT molecular complexity index is 731. The molecule has 4 amide bonds. The molecule has 0 unspecified atom stereocenters. The zero-order valence-corrected chi connectivity index (χ0v) is 15.8. The summed E-state index contributed by atoms with van der Waals surface area (Å²) in [6.07, 6.45) is 2.26. The third kappa shape index (κ3) is 4.84. The van der Waals surface area contributed by atoms with E-state index in [1.54, 1.807) is 31.2 Å². The van der Waals surface area contributed by atoms with Gasteiger partial charge >= 0.3 is 12.0 Å². The molecule has 0 spiro atoms. The van der Waals surface area contributed by atoms with Gasteiger partial charge in [-0.3, -0.25) is 14.5 Å². The Kier molecular flexibility index (Phi) is 6.55. The van der Waals surface area contributed by atoms with Gasteiger partial charge in [-0.15, -0.1) is 0 Å². The van der Waals surface area contributed by atoms with Gasteiger partial charge in [-0.1, -0.05) is 31.9 Å². The molecule has 8 heteroatoms. The van der Waals surface area contributed by atoms with Crippen LogP contribution in [0.2, 0.25) is 0 Å². The Morgan fingerprint density at radius 3 is 2.48 bits per heavy atom. The van der Waals surface area contributed by atoms with E-state index in [2.05, 4.69) is 15.4 Å². The number of nitrogens with zero attached hydrogens (tertiary/aromatic N) is 1. The molecule has 146 valence electrons. The molecule has 0 radical (unpaired) electrons. The average molecular weight is 375 g/mol. The maximum Gasteiger partial charge on any atom is 0.337 e. The Hall–Kier alpha value is -2.90. The number of benzene rings is 1. The molecule has 0 saturated carbocycles. The molecule has 1 aromatic carbocycles. The van der Waals surface area contributed by atoms with Crippen LogP contribution in [0.1, 0.15) is 49.0 Å². The highest BCUT2D eigenvalue weighted by Crippen LogP contribution is 2.23.